The van der Waals surface area contributed by atoms with Crippen molar-refractivity contribution in [3.05, 3.63) is 16.9 Å². The number of carbonyl (C=O) groups is 1. The van der Waals surface area contributed by atoms with Crippen LogP contribution < -0.4 is 5.32 Å². The van der Waals surface area contributed by atoms with E-state index in [0.717, 1.165) is 30.4 Å². The molecule has 0 aliphatic heterocycles. The molecule has 2 N–H and O–H groups in total. The second kappa shape index (κ2) is 7.38. The number of hydrogen-bond donors (Lipinski definition) is 2. The Morgan fingerprint density at radius 3 is 2.90 bits per heavy atom. The summed E-state index contributed by atoms with van der Waals surface area (Å²) in [6, 6.07) is 1.22. The Bertz CT molecular complexity index is 473. The summed E-state index contributed by atoms with van der Waals surface area (Å²) in [6.07, 6.45) is 5.80. The molecule has 1 saturated carbocycles. The van der Waals surface area contributed by atoms with Crippen molar-refractivity contribution in [2.24, 2.45) is 0 Å². The molecule has 7 heteroatoms. The maximum atomic E-state index is 10.8. The summed E-state index contributed by atoms with van der Waals surface area (Å²) in [4.78, 5) is 12.8. The molecule has 1 unspecified atom stereocenters. The molecule has 2 rings (SSSR count). The van der Waals surface area contributed by atoms with Gasteiger partial charge in [0.25, 0.3) is 0 Å². The van der Waals surface area contributed by atoms with E-state index in [0.29, 0.717) is 18.1 Å². The number of rotatable bonds is 8. The normalized spacial score (nSPS) is 23.0. The molecule has 1 atom stereocenters. The highest BCUT2D eigenvalue weighted by molar-refractivity contribution is 9.10. The first-order valence-corrected chi connectivity index (χ1v) is 8.17. The van der Waals surface area contributed by atoms with Gasteiger partial charge in [-0.25, -0.2) is 0 Å². The molecule has 1 fully saturated rings. The minimum Gasteiger partial charge on any atom is -0.480 e. The second-order valence-electron chi connectivity index (χ2n) is 5.73. The molecule has 0 spiro atoms. The molecular weight excluding hydrogens is 336 g/mol. The molecule has 0 aromatic carbocycles. The van der Waals surface area contributed by atoms with Gasteiger partial charge in [0, 0.05) is 24.3 Å². The van der Waals surface area contributed by atoms with Crippen LogP contribution in [0.2, 0.25) is 0 Å². The Morgan fingerprint density at radius 2 is 2.38 bits per heavy atom. The summed E-state index contributed by atoms with van der Waals surface area (Å²) in [5.41, 5.74) is 0. The highest BCUT2D eigenvalue weighted by Crippen LogP contribution is 2.26. The van der Waals surface area contributed by atoms with E-state index in [1.807, 2.05) is 22.7 Å². The second-order valence-corrected chi connectivity index (χ2v) is 6.64. The van der Waals surface area contributed by atoms with Gasteiger partial charge in [0.2, 0.25) is 0 Å². The SMILES string of the molecule is CCN(CC(=O)O)C1CC(NC(C)Cn2cc(Br)cn2)C1. The van der Waals surface area contributed by atoms with Crippen molar-refractivity contribution < 1.29 is 9.90 Å². The summed E-state index contributed by atoms with van der Waals surface area (Å²) in [5, 5.41) is 16.7. The van der Waals surface area contributed by atoms with Crippen molar-refractivity contribution in [2.75, 3.05) is 13.1 Å². The summed E-state index contributed by atoms with van der Waals surface area (Å²) in [5.74, 6) is -0.745. The number of aliphatic carboxylic acids is 1. The Kier molecular flexibility index (Phi) is 5.78. The summed E-state index contributed by atoms with van der Waals surface area (Å²) >= 11 is 3.39. The molecular formula is C14H23BrN4O2. The molecule has 0 bridgehead atoms. The maximum Gasteiger partial charge on any atom is 0.317 e. The van der Waals surface area contributed by atoms with Crippen LogP contribution in [-0.4, -0.2) is 57.0 Å². The predicted octanol–water partition coefficient (Wildman–Crippen LogP) is 1.56. The lowest BCUT2D eigenvalue weighted by atomic mass is 9.85. The van der Waals surface area contributed by atoms with Gasteiger partial charge < -0.3 is 10.4 Å². The summed E-state index contributed by atoms with van der Waals surface area (Å²) < 4.78 is 2.91. The first kappa shape index (κ1) is 16.5. The van der Waals surface area contributed by atoms with Crippen molar-refractivity contribution in [2.45, 2.75) is 51.4 Å². The molecule has 0 radical (unpaired) electrons. The molecule has 0 amide bonds. The van der Waals surface area contributed by atoms with Gasteiger partial charge in [0.1, 0.15) is 0 Å². The van der Waals surface area contributed by atoms with Gasteiger partial charge in [-0.05, 0) is 42.2 Å². The van der Waals surface area contributed by atoms with Gasteiger partial charge >= 0.3 is 5.97 Å². The lowest BCUT2D eigenvalue weighted by Crippen LogP contribution is -2.55. The predicted molar refractivity (Wildman–Crippen MR) is 84.2 cm³/mol. The van der Waals surface area contributed by atoms with Crippen LogP contribution in [0.3, 0.4) is 0 Å². The Hall–Kier alpha value is -0.920. The van der Waals surface area contributed by atoms with Crippen molar-refractivity contribution in [3.8, 4) is 0 Å². The number of likely N-dealkylation sites (N-methyl/N-ethyl adjacent to an activating group) is 1. The van der Waals surface area contributed by atoms with Crippen LogP contribution in [0.1, 0.15) is 26.7 Å². The largest absolute Gasteiger partial charge is 0.480 e. The van der Waals surface area contributed by atoms with Crippen molar-refractivity contribution in [1.29, 1.82) is 0 Å². The quantitative estimate of drug-likeness (QED) is 0.737. The van der Waals surface area contributed by atoms with Crippen LogP contribution in [-0.2, 0) is 11.3 Å². The van der Waals surface area contributed by atoms with Gasteiger partial charge in [0.15, 0.2) is 0 Å². The number of nitrogens with zero attached hydrogens (tertiary/aromatic N) is 3. The Balaban J connectivity index is 1.70. The van der Waals surface area contributed by atoms with E-state index < -0.39 is 5.97 Å². The molecule has 1 aromatic rings. The van der Waals surface area contributed by atoms with Crippen molar-refractivity contribution >= 4 is 21.9 Å². The fourth-order valence-corrected chi connectivity index (χ4v) is 3.20. The Morgan fingerprint density at radius 1 is 1.67 bits per heavy atom. The number of nitrogens with one attached hydrogen (secondary N) is 1. The third-order valence-electron chi connectivity index (χ3n) is 3.96. The van der Waals surface area contributed by atoms with Gasteiger partial charge in [-0.1, -0.05) is 6.92 Å². The zero-order valence-corrected chi connectivity index (χ0v) is 14.1. The fraction of sp³-hybridized carbons (Fsp3) is 0.714. The lowest BCUT2D eigenvalue weighted by Gasteiger charge is -2.43. The zero-order valence-electron chi connectivity index (χ0n) is 12.5. The van der Waals surface area contributed by atoms with Crippen LogP contribution in [0.15, 0.2) is 16.9 Å². The van der Waals surface area contributed by atoms with E-state index in [1.54, 1.807) is 6.20 Å². The number of halogens is 1. The Labute approximate surface area is 133 Å². The average molecular weight is 359 g/mol. The molecule has 118 valence electrons. The van der Waals surface area contributed by atoms with Crippen LogP contribution in [0.5, 0.6) is 0 Å². The maximum absolute atomic E-state index is 10.8. The average Bonchev–Trinajstić information content (AvgIpc) is 2.76. The van der Waals surface area contributed by atoms with E-state index in [4.69, 9.17) is 5.11 Å². The van der Waals surface area contributed by atoms with Crippen LogP contribution >= 0.6 is 15.9 Å². The van der Waals surface area contributed by atoms with Gasteiger partial charge in [0.05, 0.1) is 23.8 Å². The number of carboxylic acid groups (broad SMARTS) is 1. The standard InChI is InChI=1S/C14H23BrN4O2/c1-3-18(9-14(20)21)13-4-12(5-13)17-10(2)7-19-8-11(15)6-16-19/h6,8,10,12-13,17H,3-5,7,9H2,1-2H3,(H,20,21). The van der Waals surface area contributed by atoms with Gasteiger partial charge in [-0.15, -0.1) is 0 Å². The number of carboxylic acids is 1. The number of aromatic nitrogens is 2. The molecule has 1 aromatic heterocycles. The molecule has 1 aliphatic rings. The minimum absolute atomic E-state index is 0.144. The fourth-order valence-electron chi connectivity index (χ4n) is 2.87. The van der Waals surface area contributed by atoms with E-state index in [9.17, 15) is 4.79 Å². The molecule has 6 nitrogen and oxygen atoms in total. The summed E-state index contributed by atoms with van der Waals surface area (Å²) in [6.45, 7) is 5.93. The van der Waals surface area contributed by atoms with E-state index in [2.05, 4.69) is 33.3 Å². The molecule has 21 heavy (non-hydrogen) atoms. The van der Waals surface area contributed by atoms with Crippen molar-refractivity contribution in [3.63, 3.8) is 0 Å². The first-order valence-electron chi connectivity index (χ1n) is 7.37. The van der Waals surface area contributed by atoms with Crippen LogP contribution in [0, 0.1) is 0 Å². The molecule has 0 saturated heterocycles. The number of hydrogen-bond acceptors (Lipinski definition) is 4. The van der Waals surface area contributed by atoms with Gasteiger partial charge in [-0.2, -0.15) is 5.10 Å². The topological polar surface area (TPSA) is 70.4 Å². The van der Waals surface area contributed by atoms with E-state index >= 15 is 0 Å². The smallest absolute Gasteiger partial charge is 0.317 e. The molecule has 1 heterocycles. The minimum atomic E-state index is -0.745. The lowest BCUT2D eigenvalue weighted by molar-refractivity contribution is -0.139. The third-order valence-corrected chi connectivity index (χ3v) is 4.37. The first-order chi connectivity index (χ1) is 9.97. The zero-order chi connectivity index (χ0) is 15.4. The summed E-state index contributed by atoms with van der Waals surface area (Å²) in [7, 11) is 0. The van der Waals surface area contributed by atoms with E-state index in [-0.39, 0.29) is 6.54 Å². The monoisotopic (exact) mass is 358 g/mol. The highest BCUT2D eigenvalue weighted by Gasteiger charge is 2.34. The third kappa shape index (κ3) is 4.79. The highest BCUT2D eigenvalue weighted by atomic mass is 79.9. The van der Waals surface area contributed by atoms with Crippen LogP contribution in [0.25, 0.3) is 0 Å². The van der Waals surface area contributed by atoms with E-state index in [1.165, 1.54) is 0 Å². The van der Waals surface area contributed by atoms with Gasteiger partial charge in [-0.3, -0.25) is 14.4 Å². The molecule has 1 aliphatic carbocycles. The van der Waals surface area contributed by atoms with Crippen molar-refractivity contribution in [1.82, 2.24) is 20.0 Å². The van der Waals surface area contributed by atoms with Crippen LogP contribution in [0.4, 0.5) is 0 Å².